The van der Waals surface area contributed by atoms with Crippen LogP contribution in [0.1, 0.15) is 21.5 Å². The summed E-state index contributed by atoms with van der Waals surface area (Å²) in [5.41, 5.74) is 7.51. The third-order valence-corrected chi connectivity index (χ3v) is 2.18. The van der Waals surface area contributed by atoms with E-state index >= 15 is 0 Å². The average Bonchev–Trinajstić information content (AvgIpc) is 2.19. The Kier molecular flexibility index (Phi) is 3.10. The van der Waals surface area contributed by atoms with Gasteiger partial charge in [-0.05, 0) is 24.6 Å². The molecule has 0 heterocycles. The molecular formula is C10H9ClN2O. The molecule has 0 aromatic heterocycles. The second-order valence-corrected chi connectivity index (χ2v) is 3.19. The van der Waals surface area contributed by atoms with Crippen LogP contribution in [0.2, 0.25) is 0 Å². The van der Waals surface area contributed by atoms with Crippen LogP contribution in [0.5, 0.6) is 0 Å². The van der Waals surface area contributed by atoms with Gasteiger partial charge in [0.05, 0.1) is 17.5 Å². The predicted molar refractivity (Wildman–Crippen MR) is 55.4 cm³/mol. The number of hydrogen-bond acceptors (Lipinski definition) is 3. The van der Waals surface area contributed by atoms with Crippen molar-refractivity contribution in [3.8, 4) is 6.07 Å². The van der Waals surface area contributed by atoms with Crippen molar-refractivity contribution in [3.63, 3.8) is 0 Å². The fourth-order valence-electron chi connectivity index (χ4n) is 1.16. The molecule has 0 unspecified atom stereocenters. The minimum atomic E-state index is -0.225. The number of ketones is 1. The van der Waals surface area contributed by atoms with E-state index in [9.17, 15) is 4.79 Å². The van der Waals surface area contributed by atoms with Crippen molar-refractivity contribution in [1.29, 1.82) is 5.26 Å². The van der Waals surface area contributed by atoms with Crippen molar-refractivity contribution in [2.45, 2.75) is 6.92 Å². The van der Waals surface area contributed by atoms with E-state index in [4.69, 9.17) is 22.6 Å². The molecular weight excluding hydrogens is 200 g/mol. The van der Waals surface area contributed by atoms with Gasteiger partial charge in [0.25, 0.3) is 0 Å². The molecule has 4 heteroatoms. The summed E-state index contributed by atoms with van der Waals surface area (Å²) >= 11 is 5.41. The number of alkyl halides is 1. The summed E-state index contributed by atoms with van der Waals surface area (Å²) < 4.78 is 0. The van der Waals surface area contributed by atoms with Crippen LogP contribution in [0, 0.1) is 18.3 Å². The molecule has 3 nitrogen and oxygen atoms in total. The Morgan fingerprint density at radius 2 is 2.29 bits per heavy atom. The van der Waals surface area contributed by atoms with Gasteiger partial charge in [-0.1, -0.05) is 0 Å². The van der Waals surface area contributed by atoms with E-state index in [0.29, 0.717) is 16.8 Å². The van der Waals surface area contributed by atoms with Crippen LogP contribution in [0.15, 0.2) is 12.1 Å². The van der Waals surface area contributed by atoms with Crippen LogP contribution in [0.4, 0.5) is 5.69 Å². The third-order valence-electron chi connectivity index (χ3n) is 1.94. The van der Waals surface area contributed by atoms with Crippen molar-refractivity contribution in [3.05, 3.63) is 28.8 Å². The number of anilines is 1. The van der Waals surface area contributed by atoms with Crippen molar-refractivity contribution >= 4 is 23.1 Å². The Labute approximate surface area is 87.1 Å². The van der Waals surface area contributed by atoms with Crippen LogP contribution in [0.25, 0.3) is 0 Å². The van der Waals surface area contributed by atoms with Crippen LogP contribution in [-0.4, -0.2) is 11.7 Å². The van der Waals surface area contributed by atoms with Gasteiger partial charge in [0.2, 0.25) is 0 Å². The van der Waals surface area contributed by atoms with Gasteiger partial charge in [-0.15, -0.1) is 11.6 Å². The first kappa shape index (κ1) is 10.6. The van der Waals surface area contributed by atoms with Crippen molar-refractivity contribution in [2.75, 3.05) is 11.6 Å². The second kappa shape index (κ2) is 4.12. The lowest BCUT2D eigenvalue weighted by atomic mass is 10.0. The first-order valence-corrected chi connectivity index (χ1v) is 4.53. The van der Waals surface area contributed by atoms with Gasteiger partial charge in [0, 0.05) is 11.3 Å². The van der Waals surface area contributed by atoms with Gasteiger partial charge in [0.1, 0.15) is 0 Å². The number of Topliss-reactive ketones (excluding diaryl/α,β-unsaturated/α-hetero) is 1. The monoisotopic (exact) mass is 208 g/mol. The smallest absolute Gasteiger partial charge is 0.179 e. The summed E-state index contributed by atoms with van der Waals surface area (Å²) in [5.74, 6) is -0.327. The lowest BCUT2D eigenvalue weighted by Gasteiger charge is -2.05. The molecule has 0 aliphatic heterocycles. The fraction of sp³-hybridized carbons (Fsp3) is 0.200. The normalized spacial score (nSPS) is 9.50. The molecule has 0 atom stereocenters. The van der Waals surface area contributed by atoms with Gasteiger partial charge in [0.15, 0.2) is 5.78 Å². The van der Waals surface area contributed by atoms with Crippen molar-refractivity contribution in [2.24, 2.45) is 0 Å². The highest BCUT2D eigenvalue weighted by molar-refractivity contribution is 6.31. The maximum Gasteiger partial charge on any atom is 0.179 e. The van der Waals surface area contributed by atoms with E-state index < -0.39 is 0 Å². The minimum Gasteiger partial charge on any atom is -0.398 e. The highest BCUT2D eigenvalue weighted by atomic mass is 35.5. The quantitative estimate of drug-likeness (QED) is 0.458. The molecule has 0 amide bonds. The molecule has 0 aliphatic carbocycles. The standard InChI is InChI=1S/C10H9ClN2O/c1-6-2-8(10(14)4-11)9(13)3-7(6)5-12/h2-3H,4,13H2,1H3. The van der Waals surface area contributed by atoms with E-state index in [-0.39, 0.29) is 11.7 Å². The molecule has 0 saturated heterocycles. The number of nitrogen functional groups attached to an aromatic ring is 1. The molecule has 0 aliphatic rings. The maximum atomic E-state index is 11.3. The van der Waals surface area contributed by atoms with Crippen molar-refractivity contribution in [1.82, 2.24) is 0 Å². The molecule has 0 saturated carbocycles. The number of rotatable bonds is 2. The fourth-order valence-corrected chi connectivity index (χ4v) is 1.30. The van der Waals surface area contributed by atoms with Crippen LogP contribution in [0.3, 0.4) is 0 Å². The maximum absolute atomic E-state index is 11.3. The summed E-state index contributed by atoms with van der Waals surface area (Å²) in [6, 6.07) is 5.09. The summed E-state index contributed by atoms with van der Waals surface area (Å²) in [4.78, 5) is 11.3. The number of halogens is 1. The zero-order valence-corrected chi connectivity index (χ0v) is 8.43. The first-order valence-electron chi connectivity index (χ1n) is 3.99. The van der Waals surface area contributed by atoms with Gasteiger partial charge in [-0.2, -0.15) is 5.26 Å². The molecule has 0 radical (unpaired) electrons. The van der Waals surface area contributed by atoms with Gasteiger partial charge >= 0.3 is 0 Å². The Bertz CT molecular complexity index is 421. The zero-order valence-electron chi connectivity index (χ0n) is 7.67. The molecule has 1 aromatic rings. The van der Waals surface area contributed by atoms with Gasteiger partial charge < -0.3 is 5.73 Å². The highest BCUT2D eigenvalue weighted by Gasteiger charge is 2.10. The number of nitrogens with zero attached hydrogens (tertiary/aromatic N) is 1. The first-order chi connectivity index (χ1) is 6.60. The highest BCUT2D eigenvalue weighted by Crippen LogP contribution is 2.18. The van der Waals surface area contributed by atoms with E-state index in [2.05, 4.69) is 0 Å². The Morgan fingerprint density at radius 3 is 2.79 bits per heavy atom. The minimum absolute atomic E-state index is 0.102. The van der Waals surface area contributed by atoms with E-state index in [1.165, 1.54) is 6.07 Å². The average molecular weight is 209 g/mol. The number of benzene rings is 1. The Hall–Kier alpha value is -1.53. The van der Waals surface area contributed by atoms with Crippen LogP contribution >= 0.6 is 11.6 Å². The van der Waals surface area contributed by atoms with Crippen LogP contribution < -0.4 is 5.73 Å². The molecule has 1 rings (SSSR count). The van der Waals surface area contributed by atoms with Gasteiger partial charge in [-0.25, -0.2) is 0 Å². The van der Waals surface area contributed by atoms with Gasteiger partial charge in [-0.3, -0.25) is 4.79 Å². The topological polar surface area (TPSA) is 66.9 Å². The number of carbonyl (C=O) groups is 1. The second-order valence-electron chi connectivity index (χ2n) is 2.92. The number of aryl methyl sites for hydroxylation is 1. The molecule has 14 heavy (non-hydrogen) atoms. The van der Waals surface area contributed by atoms with E-state index in [1.54, 1.807) is 13.0 Å². The number of nitrogens with two attached hydrogens (primary N) is 1. The number of hydrogen-bond donors (Lipinski definition) is 1. The predicted octanol–water partition coefficient (Wildman–Crippen LogP) is 1.87. The summed E-state index contributed by atoms with van der Waals surface area (Å²) in [5, 5.41) is 8.71. The zero-order chi connectivity index (χ0) is 10.7. The largest absolute Gasteiger partial charge is 0.398 e. The summed E-state index contributed by atoms with van der Waals surface area (Å²) in [6.45, 7) is 1.75. The van der Waals surface area contributed by atoms with Crippen molar-refractivity contribution < 1.29 is 4.79 Å². The number of nitriles is 1. The lowest BCUT2D eigenvalue weighted by Crippen LogP contribution is -2.06. The Morgan fingerprint density at radius 1 is 1.64 bits per heavy atom. The van der Waals surface area contributed by atoms with E-state index in [0.717, 1.165) is 5.56 Å². The molecule has 0 spiro atoms. The SMILES string of the molecule is Cc1cc(C(=O)CCl)c(N)cc1C#N. The van der Waals surface area contributed by atoms with Crippen LogP contribution in [-0.2, 0) is 0 Å². The molecule has 1 aromatic carbocycles. The molecule has 2 N–H and O–H groups in total. The molecule has 0 bridgehead atoms. The third kappa shape index (κ3) is 1.86. The molecule has 72 valence electrons. The Balaban J connectivity index is 3.30. The summed E-state index contributed by atoms with van der Waals surface area (Å²) in [7, 11) is 0. The number of carbonyl (C=O) groups excluding carboxylic acids is 1. The molecule has 0 fully saturated rings. The lowest BCUT2D eigenvalue weighted by molar-refractivity contribution is 0.102. The summed E-state index contributed by atoms with van der Waals surface area (Å²) in [6.07, 6.45) is 0. The van der Waals surface area contributed by atoms with E-state index in [1.807, 2.05) is 6.07 Å².